The molecule has 30 heavy (non-hydrogen) atoms. The smallest absolute Gasteiger partial charge is 0.257 e. The summed E-state index contributed by atoms with van der Waals surface area (Å²) >= 11 is 0. The van der Waals surface area contributed by atoms with Gasteiger partial charge in [-0.15, -0.1) is 0 Å². The fourth-order valence-electron chi connectivity index (χ4n) is 5.86. The first-order valence-corrected chi connectivity index (χ1v) is 12.0. The number of aryl methyl sites for hydroxylation is 1. The molecule has 1 unspecified atom stereocenters. The normalized spacial score (nSPS) is 30.5. The standard InChI is InChI=1S/C25H38N4O/c1-29-23(30)25(28-24(29)26,16-15-19-9-4-2-5-10-19)18-20-11-8-14-22(17-20)27-21-12-6-3-7-13-21/h2,4-5,9-10,20-22,27H,3,6-8,11-18H2,1H3,(H2,26,28)/t20-,22?,25+/m0/s1. The zero-order valence-electron chi connectivity index (χ0n) is 18.5. The molecule has 2 aliphatic carbocycles. The van der Waals surface area contributed by atoms with Gasteiger partial charge in [0.1, 0.15) is 5.54 Å². The number of aliphatic imine (C=N–C) groups is 1. The van der Waals surface area contributed by atoms with Gasteiger partial charge in [0.05, 0.1) is 0 Å². The Morgan fingerprint density at radius 1 is 1.07 bits per heavy atom. The Labute approximate surface area is 181 Å². The van der Waals surface area contributed by atoms with Crippen LogP contribution in [0.4, 0.5) is 0 Å². The van der Waals surface area contributed by atoms with Crippen molar-refractivity contribution in [3.05, 3.63) is 35.9 Å². The second-order valence-corrected chi connectivity index (χ2v) is 9.79. The molecule has 4 rings (SSSR count). The van der Waals surface area contributed by atoms with E-state index in [2.05, 4.69) is 29.6 Å². The molecule has 0 radical (unpaired) electrons. The maximum Gasteiger partial charge on any atom is 0.257 e. The number of likely N-dealkylation sites (N-methyl/N-ethyl adjacent to an activating group) is 1. The van der Waals surface area contributed by atoms with E-state index in [1.807, 2.05) is 6.07 Å². The van der Waals surface area contributed by atoms with Crippen molar-refractivity contribution in [2.24, 2.45) is 16.6 Å². The van der Waals surface area contributed by atoms with Crippen LogP contribution < -0.4 is 11.1 Å². The third-order valence-corrected chi connectivity index (χ3v) is 7.53. The van der Waals surface area contributed by atoms with Crippen LogP contribution >= 0.6 is 0 Å². The van der Waals surface area contributed by atoms with Crippen LogP contribution in [0.1, 0.15) is 76.2 Å². The van der Waals surface area contributed by atoms with Crippen LogP contribution in [0.2, 0.25) is 0 Å². The highest BCUT2D eigenvalue weighted by Crippen LogP contribution is 2.38. The third kappa shape index (κ3) is 4.88. The van der Waals surface area contributed by atoms with Crippen LogP contribution in [0.25, 0.3) is 0 Å². The van der Waals surface area contributed by atoms with E-state index in [0.29, 0.717) is 24.0 Å². The van der Waals surface area contributed by atoms with E-state index in [9.17, 15) is 4.79 Å². The molecule has 5 heteroatoms. The molecule has 3 atom stereocenters. The quantitative estimate of drug-likeness (QED) is 0.713. The van der Waals surface area contributed by atoms with Gasteiger partial charge in [-0.1, -0.05) is 62.4 Å². The summed E-state index contributed by atoms with van der Waals surface area (Å²) in [4.78, 5) is 19.6. The molecule has 1 aromatic carbocycles. The van der Waals surface area contributed by atoms with Gasteiger partial charge >= 0.3 is 0 Å². The number of hydrogen-bond donors (Lipinski definition) is 2. The molecule has 3 aliphatic rings. The van der Waals surface area contributed by atoms with Crippen molar-refractivity contribution in [1.29, 1.82) is 0 Å². The second kappa shape index (κ2) is 9.51. The Balaban J connectivity index is 1.42. The number of amides is 1. The first kappa shape index (κ1) is 21.4. The van der Waals surface area contributed by atoms with Gasteiger partial charge in [0, 0.05) is 19.1 Å². The van der Waals surface area contributed by atoms with Gasteiger partial charge in [-0.25, -0.2) is 4.99 Å². The highest BCUT2D eigenvalue weighted by molar-refractivity contribution is 6.06. The number of benzene rings is 1. The van der Waals surface area contributed by atoms with Crippen molar-refractivity contribution in [1.82, 2.24) is 10.2 Å². The summed E-state index contributed by atoms with van der Waals surface area (Å²) in [5.74, 6) is 0.988. The van der Waals surface area contributed by atoms with Gasteiger partial charge in [-0.3, -0.25) is 9.69 Å². The van der Waals surface area contributed by atoms with Crippen molar-refractivity contribution in [3.63, 3.8) is 0 Å². The monoisotopic (exact) mass is 410 g/mol. The van der Waals surface area contributed by atoms with Crippen molar-refractivity contribution in [3.8, 4) is 0 Å². The number of nitrogens with zero attached hydrogens (tertiary/aromatic N) is 2. The first-order chi connectivity index (χ1) is 14.6. The van der Waals surface area contributed by atoms with Crippen molar-refractivity contribution in [2.45, 2.75) is 94.7 Å². The summed E-state index contributed by atoms with van der Waals surface area (Å²) in [5, 5.41) is 3.96. The molecule has 5 nitrogen and oxygen atoms in total. The molecule has 1 amide bonds. The van der Waals surface area contributed by atoms with E-state index in [0.717, 1.165) is 25.7 Å². The number of hydrogen-bond acceptors (Lipinski definition) is 4. The van der Waals surface area contributed by atoms with E-state index < -0.39 is 5.54 Å². The largest absolute Gasteiger partial charge is 0.369 e. The number of nitrogens with one attached hydrogen (secondary N) is 1. The van der Waals surface area contributed by atoms with E-state index in [1.165, 1.54) is 56.9 Å². The SMILES string of the molecule is CN1C(=O)[C@@](CCc2ccccc2)(C[C@H]2CCCC(NC3CCCCC3)C2)N=C1N. The summed E-state index contributed by atoms with van der Waals surface area (Å²) in [5.41, 5.74) is 6.68. The zero-order valence-corrected chi connectivity index (χ0v) is 18.5. The van der Waals surface area contributed by atoms with Crippen LogP contribution in [0, 0.1) is 5.92 Å². The third-order valence-electron chi connectivity index (χ3n) is 7.53. The minimum absolute atomic E-state index is 0.0818. The first-order valence-electron chi connectivity index (χ1n) is 12.0. The van der Waals surface area contributed by atoms with Gasteiger partial charge in [0.15, 0.2) is 5.96 Å². The van der Waals surface area contributed by atoms with Crippen LogP contribution in [0.15, 0.2) is 35.3 Å². The molecule has 0 saturated heterocycles. The molecule has 0 bridgehead atoms. The topological polar surface area (TPSA) is 70.7 Å². The highest BCUT2D eigenvalue weighted by atomic mass is 16.2. The van der Waals surface area contributed by atoms with E-state index in [-0.39, 0.29) is 5.91 Å². The predicted octanol–water partition coefficient (Wildman–Crippen LogP) is 4.02. The lowest BCUT2D eigenvalue weighted by molar-refractivity contribution is -0.131. The summed E-state index contributed by atoms with van der Waals surface area (Å²) in [6.07, 6.45) is 14.1. The van der Waals surface area contributed by atoms with E-state index in [1.54, 1.807) is 11.9 Å². The van der Waals surface area contributed by atoms with Gasteiger partial charge < -0.3 is 11.1 Å². The molecule has 2 fully saturated rings. The fourth-order valence-corrected chi connectivity index (χ4v) is 5.86. The molecule has 0 spiro atoms. The van der Waals surface area contributed by atoms with Crippen LogP contribution in [0.3, 0.4) is 0 Å². The maximum atomic E-state index is 13.2. The van der Waals surface area contributed by atoms with Gasteiger partial charge in [-0.05, 0) is 56.4 Å². The summed E-state index contributed by atoms with van der Waals surface area (Å²) in [7, 11) is 1.76. The Morgan fingerprint density at radius 3 is 2.50 bits per heavy atom. The Morgan fingerprint density at radius 2 is 1.80 bits per heavy atom. The van der Waals surface area contributed by atoms with Crippen molar-refractivity contribution < 1.29 is 4.79 Å². The molecular formula is C25H38N4O. The number of carbonyl (C=O) groups is 1. The van der Waals surface area contributed by atoms with Gasteiger partial charge in [0.2, 0.25) is 0 Å². The minimum Gasteiger partial charge on any atom is -0.369 e. The number of carbonyl (C=O) groups excluding carboxylic acids is 1. The Bertz CT molecular complexity index is 743. The summed E-state index contributed by atoms with van der Waals surface area (Å²) < 4.78 is 0. The lowest BCUT2D eigenvalue weighted by Crippen LogP contribution is -2.46. The molecule has 1 heterocycles. The molecule has 1 aliphatic heterocycles. The Kier molecular flexibility index (Phi) is 6.77. The average Bonchev–Trinajstić information content (AvgIpc) is 2.98. The van der Waals surface area contributed by atoms with Crippen LogP contribution in [-0.4, -0.2) is 41.4 Å². The van der Waals surface area contributed by atoms with Crippen molar-refractivity contribution >= 4 is 11.9 Å². The molecular weight excluding hydrogens is 372 g/mol. The fraction of sp³-hybridized carbons (Fsp3) is 0.680. The van der Waals surface area contributed by atoms with Gasteiger partial charge in [-0.2, -0.15) is 0 Å². The van der Waals surface area contributed by atoms with E-state index >= 15 is 0 Å². The molecule has 164 valence electrons. The summed E-state index contributed by atoms with van der Waals surface area (Å²) in [6, 6.07) is 11.7. The predicted molar refractivity (Wildman–Crippen MR) is 122 cm³/mol. The number of rotatable bonds is 7. The van der Waals surface area contributed by atoms with Crippen LogP contribution in [-0.2, 0) is 11.2 Å². The lowest BCUT2D eigenvalue weighted by atomic mass is 9.75. The minimum atomic E-state index is -0.688. The number of guanidine groups is 1. The molecule has 0 aromatic heterocycles. The van der Waals surface area contributed by atoms with Crippen LogP contribution in [0.5, 0.6) is 0 Å². The van der Waals surface area contributed by atoms with Gasteiger partial charge in [0.25, 0.3) is 5.91 Å². The highest BCUT2D eigenvalue weighted by Gasteiger charge is 2.47. The maximum absolute atomic E-state index is 13.2. The Hall–Kier alpha value is -1.88. The number of nitrogens with two attached hydrogens (primary N) is 1. The van der Waals surface area contributed by atoms with E-state index in [4.69, 9.17) is 10.7 Å². The molecule has 2 saturated carbocycles. The van der Waals surface area contributed by atoms with Crippen molar-refractivity contribution in [2.75, 3.05) is 7.05 Å². The lowest BCUT2D eigenvalue weighted by Gasteiger charge is -2.37. The zero-order chi connectivity index (χ0) is 21.0. The second-order valence-electron chi connectivity index (χ2n) is 9.79. The summed E-state index contributed by atoms with van der Waals surface area (Å²) in [6.45, 7) is 0. The average molecular weight is 411 g/mol. The molecule has 1 aromatic rings. The molecule has 3 N–H and O–H groups in total.